The van der Waals surface area contributed by atoms with Crippen LogP contribution in [0.2, 0.25) is 4.34 Å². The molecule has 1 aromatic carbocycles. The SMILES string of the molecule is CCc1c(C)nc(-c2ccc(Cl)s2)nc1Cc1ccc(C2=CCOB2O)cc1. The smallest absolute Gasteiger partial charge is 0.423 e. The van der Waals surface area contributed by atoms with E-state index in [0.29, 0.717) is 6.61 Å². The minimum absolute atomic E-state index is 0.452. The molecule has 3 heterocycles. The van der Waals surface area contributed by atoms with E-state index >= 15 is 0 Å². The maximum Gasteiger partial charge on any atom is 0.491 e. The number of thiophene rings is 1. The predicted molar refractivity (Wildman–Crippen MR) is 116 cm³/mol. The number of aromatic nitrogens is 2. The molecule has 0 unspecified atom stereocenters. The Kier molecular flexibility index (Phi) is 5.64. The molecule has 142 valence electrons. The summed E-state index contributed by atoms with van der Waals surface area (Å²) in [5.41, 5.74) is 6.23. The third-order valence-corrected chi connectivity index (χ3v) is 6.16. The van der Waals surface area contributed by atoms with Crippen molar-refractivity contribution in [2.45, 2.75) is 26.7 Å². The van der Waals surface area contributed by atoms with Gasteiger partial charge in [0.2, 0.25) is 0 Å². The molecule has 7 heteroatoms. The molecule has 0 atom stereocenters. The van der Waals surface area contributed by atoms with Crippen molar-refractivity contribution in [3.05, 3.63) is 74.9 Å². The van der Waals surface area contributed by atoms with E-state index in [1.54, 1.807) is 0 Å². The molecule has 2 aromatic heterocycles. The van der Waals surface area contributed by atoms with Gasteiger partial charge in [-0.2, -0.15) is 0 Å². The average molecular weight is 411 g/mol. The van der Waals surface area contributed by atoms with Gasteiger partial charge in [-0.1, -0.05) is 48.9 Å². The van der Waals surface area contributed by atoms with Crippen molar-refractivity contribution in [2.75, 3.05) is 6.61 Å². The molecule has 0 fully saturated rings. The summed E-state index contributed by atoms with van der Waals surface area (Å²) in [7, 11) is -0.831. The van der Waals surface area contributed by atoms with E-state index in [-0.39, 0.29) is 0 Å². The highest BCUT2D eigenvalue weighted by Gasteiger charge is 2.25. The molecule has 0 saturated heterocycles. The Bertz CT molecular complexity index is 1030. The number of aryl methyl sites for hydroxylation is 1. The first-order valence-corrected chi connectivity index (χ1v) is 10.5. The summed E-state index contributed by atoms with van der Waals surface area (Å²) < 4.78 is 5.92. The van der Waals surface area contributed by atoms with Crippen molar-refractivity contribution in [1.82, 2.24) is 9.97 Å². The van der Waals surface area contributed by atoms with E-state index in [1.807, 2.05) is 37.3 Å². The molecule has 0 bridgehead atoms. The summed E-state index contributed by atoms with van der Waals surface area (Å²) in [6.07, 6.45) is 3.54. The van der Waals surface area contributed by atoms with Gasteiger partial charge in [0.25, 0.3) is 0 Å². The molecule has 4 rings (SSSR count). The summed E-state index contributed by atoms with van der Waals surface area (Å²) in [6.45, 7) is 4.63. The molecule has 0 amide bonds. The van der Waals surface area contributed by atoms with Crippen molar-refractivity contribution < 1.29 is 9.68 Å². The van der Waals surface area contributed by atoms with Crippen LogP contribution >= 0.6 is 22.9 Å². The number of halogens is 1. The van der Waals surface area contributed by atoms with E-state index in [9.17, 15) is 5.02 Å². The molecule has 3 aromatic rings. The van der Waals surface area contributed by atoms with Gasteiger partial charge in [0, 0.05) is 12.1 Å². The van der Waals surface area contributed by atoms with Crippen LogP contribution in [0.3, 0.4) is 0 Å². The van der Waals surface area contributed by atoms with E-state index in [1.165, 1.54) is 22.5 Å². The maximum atomic E-state index is 9.87. The quantitative estimate of drug-likeness (QED) is 0.617. The van der Waals surface area contributed by atoms with Gasteiger partial charge in [-0.25, -0.2) is 9.97 Å². The molecule has 0 radical (unpaired) electrons. The second-order valence-electron chi connectivity index (χ2n) is 6.73. The number of benzene rings is 1. The lowest BCUT2D eigenvalue weighted by molar-refractivity contribution is 0.316. The third-order valence-electron chi connectivity index (χ3n) is 4.93. The van der Waals surface area contributed by atoms with Crippen molar-refractivity contribution in [3.63, 3.8) is 0 Å². The minimum atomic E-state index is -0.831. The van der Waals surface area contributed by atoms with E-state index < -0.39 is 7.12 Å². The lowest BCUT2D eigenvalue weighted by Gasteiger charge is -2.12. The molecular formula is C21H20BClN2O2S. The second kappa shape index (κ2) is 8.17. The molecule has 0 spiro atoms. The number of nitrogens with zero attached hydrogens (tertiary/aromatic N) is 2. The molecule has 1 N–H and O–H groups in total. The van der Waals surface area contributed by atoms with Crippen LogP contribution in [0.5, 0.6) is 0 Å². The monoisotopic (exact) mass is 410 g/mol. The summed E-state index contributed by atoms with van der Waals surface area (Å²) in [5.74, 6) is 0.731. The lowest BCUT2D eigenvalue weighted by atomic mass is 9.76. The van der Waals surface area contributed by atoms with Crippen molar-refractivity contribution in [1.29, 1.82) is 0 Å². The fraction of sp³-hybridized carbons (Fsp3) is 0.238. The molecule has 1 aliphatic heterocycles. The fourth-order valence-corrected chi connectivity index (χ4v) is 4.47. The van der Waals surface area contributed by atoms with Gasteiger partial charge in [-0.05, 0) is 47.6 Å². The molecule has 0 saturated carbocycles. The zero-order valence-electron chi connectivity index (χ0n) is 15.8. The topological polar surface area (TPSA) is 55.2 Å². The highest BCUT2D eigenvalue weighted by atomic mass is 35.5. The largest absolute Gasteiger partial charge is 0.491 e. The lowest BCUT2D eigenvalue weighted by Crippen LogP contribution is -2.14. The van der Waals surface area contributed by atoms with Crippen LogP contribution in [0.25, 0.3) is 16.2 Å². The molecule has 4 nitrogen and oxygen atoms in total. The number of rotatable bonds is 5. The molecule has 1 aliphatic rings. The van der Waals surface area contributed by atoms with Crippen LogP contribution in [0.15, 0.2) is 42.5 Å². The van der Waals surface area contributed by atoms with E-state index in [0.717, 1.165) is 50.3 Å². The average Bonchev–Trinajstić information content (AvgIpc) is 3.30. The Morgan fingerprint density at radius 3 is 2.57 bits per heavy atom. The Labute approximate surface area is 174 Å². The van der Waals surface area contributed by atoms with Gasteiger partial charge in [0.15, 0.2) is 5.82 Å². The van der Waals surface area contributed by atoms with Crippen LogP contribution < -0.4 is 0 Å². The van der Waals surface area contributed by atoms with Gasteiger partial charge in [-0.15, -0.1) is 11.3 Å². The van der Waals surface area contributed by atoms with Gasteiger partial charge >= 0.3 is 7.12 Å². The number of hydrogen-bond donors (Lipinski definition) is 1. The van der Waals surface area contributed by atoms with Crippen LogP contribution in [0.1, 0.15) is 35.0 Å². The molecule has 0 aliphatic carbocycles. The zero-order chi connectivity index (χ0) is 19.7. The number of hydrogen-bond acceptors (Lipinski definition) is 5. The van der Waals surface area contributed by atoms with Gasteiger partial charge in [0.1, 0.15) is 0 Å². The second-order valence-corrected chi connectivity index (χ2v) is 8.45. The van der Waals surface area contributed by atoms with Crippen molar-refractivity contribution >= 4 is 35.5 Å². The van der Waals surface area contributed by atoms with E-state index in [4.69, 9.17) is 26.2 Å². The molecule has 28 heavy (non-hydrogen) atoms. The van der Waals surface area contributed by atoms with Crippen molar-refractivity contribution in [3.8, 4) is 10.7 Å². The summed E-state index contributed by atoms with van der Waals surface area (Å²) in [6, 6.07) is 12.1. The zero-order valence-corrected chi connectivity index (χ0v) is 17.3. The Morgan fingerprint density at radius 2 is 1.96 bits per heavy atom. The summed E-state index contributed by atoms with van der Waals surface area (Å²) >= 11 is 7.58. The summed E-state index contributed by atoms with van der Waals surface area (Å²) in [5, 5.41) is 9.87. The van der Waals surface area contributed by atoms with Crippen LogP contribution in [-0.4, -0.2) is 28.7 Å². The standard InChI is InChI=1S/C21H20BClN2O2S/c1-3-16-13(2)24-21(19-8-9-20(23)28-19)25-18(16)12-14-4-6-15(7-5-14)17-10-11-27-22(17)26/h4-10,26H,3,11-12H2,1-2H3. The first kappa shape index (κ1) is 19.3. The first-order chi connectivity index (χ1) is 13.5. The first-order valence-electron chi connectivity index (χ1n) is 9.26. The van der Waals surface area contributed by atoms with Gasteiger partial charge < -0.3 is 9.68 Å². The van der Waals surface area contributed by atoms with E-state index in [2.05, 4.69) is 19.1 Å². The van der Waals surface area contributed by atoms with Gasteiger partial charge in [-0.3, -0.25) is 0 Å². The summed E-state index contributed by atoms with van der Waals surface area (Å²) in [4.78, 5) is 10.5. The highest BCUT2D eigenvalue weighted by Crippen LogP contribution is 2.30. The van der Waals surface area contributed by atoms with Crippen LogP contribution in [-0.2, 0) is 17.5 Å². The minimum Gasteiger partial charge on any atom is -0.423 e. The fourth-order valence-electron chi connectivity index (χ4n) is 3.49. The Morgan fingerprint density at radius 1 is 1.18 bits per heavy atom. The van der Waals surface area contributed by atoms with Crippen LogP contribution in [0, 0.1) is 6.92 Å². The van der Waals surface area contributed by atoms with Crippen LogP contribution in [0.4, 0.5) is 0 Å². The maximum absolute atomic E-state index is 9.87. The third kappa shape index (κ3) is 3.91. The Balaban J connectivity index is 1.64. The van der Waals surface area contributed by atoms with Crippen molar-refractivity contribution in [2.24, 2.45) is 0 Å². The van der Waals surface area contributed by atoms with Gasteiger partial charge in [0.05, 0.1) is 21.5 Å². The normalized spacial score (nSPS) is 13.9. The Hall–Kier alpha value is -1.99. The predicted octanol–water partition coefficient (Wildman–Crippen LogP) is 4.75. The molecular weight excluding hydrogens is 391 g/mol. The highest BCUT2D eigenvalue weighted by molar-refractivity contribution is 7.19.